The minimum Gasteiger partial charge on any atom is -0.330 e. The lowest BCUT2D eigenvalue weighted by Gasteiger charge is -2.33. The molecule has 7 nitrogen and oxygen atoms in total. The zero-order valence-electron chi connectivity index (χ0n) is 16.0. The number of rotatable bonds is 7. The summed E-state index contributed by atoms with van der Waals surface area (Å²) in [6.07, 6.45) is 0.849. The van der Waals surface area contributed by atoms with Crippen LogP contribution in [0.25, 0.3) is 0 Å². The lowest BCUT2D eigenvalue weighted by atomic mass is 10.2. The van der Waals surface area contributed by atoms with Crippen LogP contribution in [0.1, 0.15) is 25.8 Å². The molecule has 27 heavy (non-hydrogen) atoms. The number of H-pyrrole nitrogens is 1. The van der Waals surface area contributed by atoms with E-state index in [2.05, 4.69) is 34.5 Å². The first-order chi connectivity index (χ1) is 13.1. The second-order valence-corrected chi connectivity index (χ2v) is 8.27. The Labute approximate surface area is 163 Å². The average molecular weight is 391 g/mol. The highest BCUT2D eigenvalue weighted by molar-refractivity contribution is 8.00. The molecule has 1 aromatic carbocycles. The third-order valence-electron chi connectivity index (χ3n) is 4.88. The van der Waals surface area contributed by atoms with Crippen molar-refractivity contribution in [1.29, 1.82) is 0 Å². The Kier molecular flexibility index (Phi) is 6.73. The topological polar surface area (TPSA) is 75.4 Å². The maximum Gasteiger partial charge on any atom is 0.343 e. The van der Waals surface area contributed by atoms with Crippen molar-refractivity contribution in [2.45, 2.75) is 43.8 Å². The molecular formula is C19H28N5O2S+. The summed E-state index contributed by atoms with van der Waals surface area (Å²) < 4.78 is 1.61. The number of carbonyl (C=O) groups is 1. The van der Waals surface area contributed by atoms with Gasteiger partial charge >= 0.3 is 5.69 Å². The van der Waals surface area contributed by atoms with Gasteiger partial charge in [0.25, 0.3) is 0 Å². The van der Waals surface area contributed by atoms with E-state index in [1.165, 1.54) is 22.2 Å². The van der Waals surface area contributed by atoms with Gasteiger partial charge in [0.2, 0.25) is 5.91 Å². The summed E-state index contributed by atoms with van der Waals surface area (Å²) in [4.78, 5) is 28.1. The van der Waals surface area contributed by atoms with Crippen LogP contribution in [0.3, 0.4) is 0 Å². The Morgan fingerprint density at radius 3 is 2.67 bits per heavy atom. The van der Waals surface area contributed by atoms with Gasteiger partial charge in [0.1, 0.15) is 6.54 Å². The van der Waals surface area contributed by atoms with Crippen molar-refractivity contribution >= 4 is 17.7 Å². The van der Waals surface area contributed by atoms with Gasteiger partial charge in [-0.3, -0.25) is 9.36 Å². The molecule has 2 aromatic rings. The fourth-order valence-electron chi connectivity index (χ4n) is 3.38. The lowest BCUT2D eigenvalue weighted by Crippen LogP contribution is -3.13. The Bertz CT molecular complexity index is 796. The second kappa shape index (κ2) is 9.23. The number of aromatic amines is 1. The molecule has 2 N–H and O–H groups in total. The predicted octanol–water partition coefficient (Wildman–Crippen LogP) is 0.389. The van der Waals surface area contributed by atoms with E-state index in [0.717, 1.165) is 39.1 Å². The smallest absolute Gasteiger partial charge is 0.330 e. The van der Waals surface area contributed by atoms with Gasteiger partial charge in [0.05, 0.1) is 31.4 Å². The number of nitrogens with zero attached hydrogens (tertiary/aromatic N) is 3. The van der Waals surface area contributed by atoms with Crippen LogP contribution in [0.15, 0.2) is 40.3 Å². The van der Waals surface area contributed by atoms with E-state index in [1.54, 1.807) is 4.57 Å². The van der Waals surface area contributed by atoms with E-state index >= 15 is 0 Å². The molecule has 146 valence electrons. The third kappa shape index (κ3) is 5.01. The number of carbonyl (C=O) groups excluding carboxylic acids is 1. The van der Waals surface area contributed by atoms with Gasteiger partial charge in [0, 0.05) is 12.1 Å². The van der Waals surface area contributed by atoms with Crippen LogP contribution >= 0.6 is 11.8 Å². The van der Waals surface area contributed by atoms with Crippen molar-refractivity contribution in [2.75, 3.05) is 26.2 Å². The van der Waals surface area contributed by atoms with Gasteiger partial charge in [-0.05, 0) is 13.3 Å². The van der Waals surface area contributed by atoms with E-state index in [-0.39, 0.29) is 16.8 Å². The fourth-order valence-corrected chi connectivity index (χ4v) is 4.35. The molecular weight excluding hydrogens is 362 g/mol. The number of piperazine rings is 1. The van der Waals surface area contributed by atoms with E-state index in [9.17, 15) is 9.59 Å². The largest absolute Gasteiger partial charge is 0.343 e. The molecule has 1 atom stereocenters. The number of nitrogens with one attached hydrogen (secondary N) is 2. The monoisotopic (exact) mass is 390 g/mol. The van der Waals surface area contributed by atoms with Crippen LogP contribution in [0, 0.1) is 0 Å². The normalized spacial score (nSPS) is 16.4. The number of amides is 1. The molecule has 1 amide bonds. The van der Waals surface area contributed by atoms with Crippen LogP contribution in [0.2, 0.25) is 0 Å². The van der Waals surface area contributed by atoms with Crippen molar-refractivity contribution in [3.8, 4) is 0 Å². The summed E-state index contributed by atoms with van der Waals surface area (Å²) in [7, 11) is 0. The molecule has 0 aliphatic carbocycles. The van der Waals surface area contributed by atoms with Crippen LogP contribution in [-0.4, -0.2) is 57.0 Å². The molecule has 1 aromatic heterocycles. The average Bonchev–Trinajstić information content (AvgIpc) is 3.03. The van der Waals surface area contributed by atoms with E-state index in [1.807, 2.05) is 24.8 Å². The molecule has 8 heteroatoms. The number of aromatic nitrogens is 3. The predicted molar refractivity (Wildman–Crippen MR) is 106 cm³/mol. The number of thioether (sulfide) groups is 1. The van der Waals surface area contributed by atoms with Crippen molar-refractivity contribution in [1.82, 2.24) is 19.7 Å². The van der Waals surface area contributed by atoms with Gasteiger partial charge < -0.3 is 9.80 Å². The van der Waals surface area contributed by atoms with Gasteiger partial charge in [-0.15, -0.1) is 5.10 Å². The maximum atomic E-state index is 12.8. The lowest BCUT2D eigenvalue weighted by molar-refractivity contribution is -0.917. The highest BCUT2D eigenvalue weighted by atomic mass is 32.2. The molecule has 0 radical (unpaired) electrons. The highest BCUT2D eigenvalue weighted by Crippen LogP contribution is 2.21. The number of quaternary nitrogens is 1. The van der Waals surface area contributed by atoms with Crippen LogP contribution in [0.4, 0.5) is 0 Å². The summed E-state index contributed by atoms with van der Waals surface area (Å²) in [5, 5.41) is 6.89. The fraction of sp³-hybridized carbons (Fsp3) is 0.526. The van der Waals surface area contributed by atoms with E-state index in [4.69, 9.17) is 0 Å². The molecule has 0 saturated carbocycles. The Balaban J connectivity index is 1.52. The standard InChI is InChI=1S/C19H27N5O2S/c1-3-9-24-18(26)20-21-19(24)27-15(2)17(25)23-12-10-22(11-13-23)14-16-7-5-4-6-8-16/h4-8,15H,3,9-14H2,1-2H3,(H,20,26)/p+1/t15-/m0/s1. The van der Waals surface area contributed by atoms with Crippen LogP contribution in [0.5, 0.6) is 0 Å². The zero-order chi connectivity index (χ0) is 19.2. The zero-order valence-corrected chi connectivity index (χ0v) is 16.8. The Morgan fingerprint density at radius 1 is 1.30 bits per heavy atom. The quantitative estimate of drug-likeness (QED) is 0.671. The minimum absolute atomic E-state index is 0.122. The summed E-state index contributed by atoms with van der Waals surface area (Å²) in [6.45, 7) is 8.99. The molecule has 2 heterocycles. The minimum atomic E-state index is -0.258. The first-order valence-corrected chi connectivity index (χ1v) is 10.4. The highest BCUT2D eigenvalue weighted by Gasteiger charge is 2.28. The SMILES string of the molecule is CCCn1c(S[C@@H](C)C(=O)N2CC[NH+](Cc3ccccc3)CC2)n[nH]c1=O. The summed E-state index contributed by atoms with van der Waals surface area (Å²) in [5.74, 6) is 0.122. The molecule has 1 fully saturated rings. The first-order valence-electron chi connectivity index (χ1n) is 9.56. The van der Waals surface area contributed by atoms with E-state index in [0.29, 0.717) is 11.7 Å². The maximum absolute atomic E-state index is 12.8. The Hall–Kier alpha value is -2.06. The van der Waals surface area contributed by atoms with Gasteiger partial charge in [-0.2, -0.15) is 0 Å². The molecule has 0 spiro atoms. The van der Waals surface area contributed by atoms with Crippen LogP contribution in [-0.2, 0) is 17.9 Å². The van der Waals surface area contributed by atoms with Crippen LogP contribution < -0.4 is 10.6 Å². The number of hydrogen-bond donors (Lipinski definition) is 2. The van der Waals surface area contributed by atoms with Crippen molar-refractivity contribution in [3.05, 3.63) is 46.4 Å². The Morgan fingerprint density at radius 2 is 2.00 bits per heavy atom. The van der Waals surface area contributed by atoms with Gasteiger partial charge in [-0.25, -0.2) is 9.89 Å². The molecule has 1 saturated heterocycles. The van der Waals surface area contributed by atoms with Crippen molar-refractivity contribution in [3.63, 3.8) is 0 Å². The van der Waals surface area contributed by atoms with Gasteiger partial charge in [-0.1, -0.05) is 49.0 Å². The summed E-state index contributed by atoms with van der Waals surface area (Å²) in [6, 6.07) is 10.5. The summed E-state index contributed by atoms with van der Waals surface area (Å²) >= 11 is 1.36. The third-order valence-corrected chi connectivity index (χ3v) is 5.96. The van der Waals surface area contributed by atoms with E-state index < -0.39 is 0 Å². The van der Waals surface area contributed by atoms with Crippen molar-refractivity contribution in [2.24, 2.45) is 0 Å². The van der Waals surface area contributed by atoms with Gasteiger partial charge in [0.15, 0.2) is 5.16 Å². The first kappa shape index (κ1) is 19.7. The molecule has 0 bridgehead atoms. The molecule has 3 rings (SSSR count). The summed E-state index contributed by atoms with van der Waals surface area (Å²) in [5.41, 5.74) is 1.13. The molecule has 0 unspecified atom stereocenters. The number of benzene rings is 1. The number of hydrogen-bond acceptors (Lipinski definition) is 4. The molecule has 1 aliphatic rings. The van der Waals surface area contributed by atoms with Crippen molar-refractivity contribution < 1.29 is 9.69 Å². The second-order valence-electron chi connectivity index (χ2n) is 6.96. The molecule has 1 aliphatic heterocycles.